The van der Waals surface area contributed by atoms with Gasteiger partial charge in [0.05, 0.1) is 6.61 Å². The van der Waals surface area contributed by atoms with Crippen LogP contribution in [-0.2, 0) is 0 Å². The highest BCUT2D eigenvalue weighted by Gasteiger charge is 1.98. The van der Waals surface area contributed by atoms with Gasteiger partial charge in [-0.2, -0.15) is 0 Å². The summed E-state index contributed by atoms with van der Waals surface area (Å²) in [5.41, 5.74) is 3.49. The lowest BCUT2D eigenvalue weighted by molar-refractivity contribution is 0.317. The highest BCUT2D eigenvalue weighted by Crippen LogP contribution is 2.15. The van der Waals surface area contributed by atoms with E-state index in [4.69, 9.17) is 10.6 Å². The zero-order chi connectivity index (χ0) is 13.9. The topological polar surface area (TPSA) is 71.7 Å². The van der Waals surface area contributed by atoms with Crippen LogP contribution < -0.4 is 21.3 Å². The van der Waals surface area contributed by atoms with Crippen molar-refractivity contribution in [3.63, 3.8) is 0 Å². The van der Waals surface area contributed by atoms with Crippen molar-refractivity contribution in [2.24, 2.45) is 10.8 Å². The molecule has 1 aromatic rings. The number of hydrogen-bond donors (Lipinski definition) is 3. The van der Waals surface area contributed by atoms with Gasteiger partial charge in [0.25, 0.3) is 0 Å². The Morgan fingerprint density at radius 1 is 1.21 bits per heavy atom. The molecule has 0 unspecified atom stereocenters. The largest absolute Gasteiger partial charge is 0.494 e. The van der Waals surface area contributed by atoms with Gasteiger partial charge in [0.2, 0.25) is 5.96 Å². The summed E-state index contributed by atoms with van der Waals surface area (Å²) in [5, 5.41) is 3.13. The SMILES string of the molecule is CCCCN=C(NN)Nc1ccc(OCCC)cc1. The number of rotatable bonds is 7. The smallest absolute Gasteiger partial charge is 0.210 e. The molecule has 0 fully saturated rings. The molecule has 106 valence electrons. The van der Waals surface area contributed by atoms with Gasteiger partial charge in [0.1, 0.15) is 5.75 Å². The predicted octanol–water partition coefficient (Wildman–Crippen LogP) is 2.51. The summed E-state index contributed by atoms with van der Waals surface area (Å²) >= 11 is 0. The van der Waals surface area contributed by atoms with Crippen molar-refractivity contribution in [2.45, 2.75) is 33.1 Å². The standard InChI is InChI=1S/C14H24N4O/c1-3-5-10-16-14(18-15)17-12-6-8-13(9-7-12)19-11-4-2/h6-9H,3-5,10-11,15H2,1-2H3,(H2,16,17,18). The second kappa shape index (κ2) is 9.22. The van der Waals surface area contributed by atoms with E-state index < -0.39 is 0 Å². The molecule has 0 aliphatic heterocycles. The Morgan fingerprint density at radius 2 is 1.95 bits per heavy atom. The highest BCUT2D eigenvalue weighted by atomic mass is 16.5. The van der Waals surface area contributed by atoms with Gasteiger partial charge in [-0.15, -0.1) is 0 Å². The lowest BCUT2D eigenvalue weighted by atomic mass is 10.3. The minimum atomic E-state index is 0.579. The molecule has 0 aliphatic rings. The van der Waals surface area contributed by atoms with Crippen molar-refractivity contribution in [2.75, 3.05) is 18.5 Å². The lowest BCUT2D eigenvalue weighted by Crippen LogP contribution is -2.36. The van der Waals surface area contributed by atoms with Gasteiger partial charge >= 0.3 is 0 Å². The summed E-state index contributed by atoms with van der Waals surface area (Å²) in [4.78, 5) is 4.34. The zero-order valence-corrected chi connectivity index (χ0v) is 11.8. The molecule has 0 heterocycles. The average Bonchev–Trinajstić information content (AvgIpc) is 2.45. The van der Waals surface area contributed by atoms with Gasteiger partial charge < -0.3 is 10.1 Å². The Hall–Kier alpha value is -1.75. The van der Waals surface area contributed by atoms with Crippen LogP contribution in [-0.4, -0.2) is 19.1 Å². The fourth-order valence-electron chi connectivity index (χ4n) is 1.46. The number of nitrogens with two attached hydrogens (primary N) is 1. The number of nitrogens with one attached hydrogen (secondary N) is 2. The summed E-state index contributed by atoms with van der Waals surface area (Å²) < 4.78 is 5.52. The van der Waals surface area contributed by atoms with Crippen LogP contribution in [0.1, 0.15) is 33.1 Å². The predicted molar refractivity (Wildman–Crippen MR) is 80.4 cm³/mol. The van der Waals surface area contributed by atoms with E-state index in [9.17, 15) is 0 Å². The fraction of sp³-hybridized carbons (Fsp3) is 0.500. The van der Waals surface area contributed by atoms with Crippen LogP contribution in [0.4, 0.5) is 5.69 Å². The Labute approximate surface area is 115 Å². The van der Waals surface area contributed by atoms with Gasteiger partial charge in [-0.05, 0) is 37.1 Å². The number of hydrogen-bond acceptors (Lipinski definition) is 3. The van der Waals surface area contributed by atoms with E-state index in [1.807, 2.05) is 24.3 Å². The van der Waals surface area contributed by atoms with Gasteiger partial charge in [0, 0.05) is 12.2 Å². The molecule has 0 aromatic heterocycles. The van der Waals surface area contributed by atoms with E-state index in [0.29, 0.717) is 5.96 Å². The normalized spacial score (nSPS) is 11.2. The first-order valence-corrected chi connectivity index (χ1v) is 6.81. The van der Waals surface area contributed by atoms with E-state index in [-0.39, 0.29) is 0 Å². The summed E-state index contributed by atoms with van der Waals surface area (Å²) in [6, 6.07) is 7.74. The molecule has 0 bridgehead atoms. The molecule has 0 amide bonds. The molecular formula is C14H24N4O. The second-order valence-electron chi connectivity index (χ2n) is 4.23. The van der Waals surface area contributed by atoms with Crippen LogP contribution >= 0.6 is 0 Å². The fourth-order valence-corrected chi connectivity index (χ4v) is 1.46. The maximum absolute atomic E-state index is 5.52. The maximum Gasteiger partial charge on any atom is 0.210 e. The minimum Gasteiger partial charge on any atom is -0.494 e. The lowest BCUT2D eigenvalue weighted by Gasteiger charge is -2.10. The summed E-state index contributed by atoms with van der Waals surface area (Å²) in [5.74, 6) is 6.88. The van der Waals surface area contributed by atoms with Crippen molar-refractivity contribution in [3.8, 4) is 5.75 Å². The van der Waals surface area contributed by atoms with E-state index >= 15 is 0 Å². The van der Waals surface area contributed by atoms with Crippen molar-refractivity contribution in [3.05, 3.63) is 24.3 Å². The van der Waals surface area contributed by atoms with E-state index in [0.717, 1.165) is 43.9 Å². The number of nitrogens with zero attached hydrogens (tertiary/aromatic N) is 1. The molecule has 0 saturated carbocycles. The number of aliphatic imine (C=N–C) groups is 1. The molecule has 5 nitrogen and oxygen atoms in total. The zero-order valence-electron chi connectivity index (χ0n) is 11.8. The number of hydrazine groups is 1. The Morgan fingerprint density at radius 3 is 2.53 bits per heavy atom. The third-order valence-corrected chi connectivity index (χ3v) is 2.51. The van der Waals surface area contributed by atoms with Crippen molar-refractivity contribution in [1.29, 1.82) is 0 Å². The number of guanidine groups is 1. The maximum atomic E-state index is 5.52. The summed E-state index contributed by atoms with van der Waals surface area (Å²) in [6.07, 6.45) is 3.17. The van der Waals surface area contributed by atoms with Crippen molar-refractivity contribution >= 4 is 11.6 Å². The number of anilines is 1. The average molecular weight is 264 g/mol. The third kappa shape index (κ3) is 6.10. The molecule has 0 spiro atoms. The Balaban J connectivity index is 2.52. The van der Waals surface area contributed by atoms with E-state index in [1.165, 1.54) is 0 Å². The first-order valence-electron chi connectivity index (χ1n) is 6.81. The number of ether oxygens (including phenoxy) is 1. The van der Waals surface area contributed by atoms with Gasteiger partial charge in [-0.3, -0.25) is 10.4 Å². The second-order valence-corrected chi connectivity index (χ2v) is 4.23. The van der Waals surface area contributed by atoms with Gasteiger partial charge in [0.15, 0.2) is 0 Å². The molecule has 1 aromatic carbocycles. The van der Waals surface area contributed by atoms with Crippen molar-refractivity contribution < 1.29 is 4.74 Å². The molecule has 4 N–H and O–H groups in total. The summed E-state index contributed by atoms with van der Waals surface area (Å²) in [6.45, 7) is 5.72. The van der Waals surface area contributed by atoms with Crippen molar-refractivity contribution in [1.82, 2.24) is 5.43 Å². The van der Waals surface area contributed by atoms with E-state index in [2.05, 4.69) is 29.6 Å². The quantitative estimate of drug-likeness (QED) is 0.233. The Kier molecular flexibility index (Phi) is 7.43. The molecule has 0 aliphatic carbocycles. The molecular weight excluding hydrogens is 240 g/mol. The van der Waals surface area contributed by atoms with Crippen LogP contribution in [0.15, 0.2) is 29.3 Å². The van der Waals surface area contributed by atoms with Gasteiger partial charge in [-0.1, -0.05) is 20.3 Å². The van der Waals surface area contributed by atoms with Gasteiger partial charge in [-0.25, -0.2) is 5.84 Å². The summed E-state index contributed by atoms with van der Waals surface area (Å²) in [7, 11) is 0. The third-order valence-electron chi connectivity index (χ3n) is 2.51. The van der Waals surface area contributed by atoms with Crippen LogP contribution in [0.3, 0.4) is 0 Å². The van der Waals surface area contributed by atoms with E-state index in [1.54, 1.807) is 0 Å². The number of benzene rings is 1. The minimum absolute atomic E-state index is 0.579. The monoisotopic (exact) mass is 264 g/mol. The highest BCUT2D eigenvalue weighted by molar-refractivity contribution is 5.93. The van der Waals surface area contributed by atoms with Crippen LogP contribution in [0.5, 0.6) is 5.75 Å². The molecule has 19 heavy (non-hydrogen) atoms. The first kappa shape index (κ1) is 15.3. The molecule has 5 heteroatoms. The van der Waals surface area contributed by atoms with Crippen LogP contribution in [0, 0.1) is 0 Å². The number of unbranched alkanes of at least 4 members (excludes halogenated alkanes) is 1. The first-order chi connectivity index (χ1) is 9.30. The molecule has 0 atom stereocenters. The molecule has 0 radical (unpaired) electrons. The molecule has 1 rings (SSSR count). The van der Waals surface area contributed by atoms with Crippen LogP contribution in [0.25, 0.3) is 0 Å². The Bertz CT molecular complexity index is 376. The van der Waals surface area contributed by atoms with Crippen LogP contribution in [0.2, 0.25) is 0 Å². The molecule has 0 saturated heterocycles.